The standard InChI is InChI=1S/C10H9BrN2O2/c1-2-15-10(14)7-5-12-8-3-9(11)13-4-6(7)8/h3-5,12H,2H2,1H3. The Morgan fingerprint density at radius 2 is 2.47 bits per heavy atom. The van der Waals surface area contributed by atoms with Crippen LogP contribution in [0.4, 0.5) is 0 Å². The van der Waals surface area contributed by atoms with Crippen molar-refractivity contribution in [3.8, 4) is 0 Å². The number of pyridine rings is 1. The molecule has 0 unspecified atom stereocenters. The number of ether oxygens (including phenoxy) is 1. The van der Waals surface area contributed by atoms with Crippen LogP contribution < -0.4 is 0 Å². The minimum absolute atomic E-state index is 0.326. The van der Waals surface area contributed by atoms with Crippen LogP contribution in [-0.4, -0.2) is 22.5 Å². The molecular weight excluding hydrogens is 260 g/mol. The van der Waals surface area contributed by atoms with E-state index in [0.29, 0.717) is 12.2 Å². The fourth-order valence-electron chi connectivity index (χ4n) is 1.37. The summed E-state index contributed by atoms with van der Waals surface area (Å²) in [6.07, 6.45) is 3.28. The zero-order valence-corrected chi connectivity index (χ0v) is 9.67. The fourth-order valence-corrected chi connectivity index (χ4v) is 1.70. The van der Waals surface area contributed by atoms with E-state index in [1.165, 1.54) is 0 Å². The predicted molar refractivity (Wildman–Crippen MR) is 59.8 cm³/mol. The Morgan fingerprint density at radius 1 is 1.67 bits per heavy atom. The highest BCUT2D eigenvalue weighted by Crippen LogP contribution is 2.20. The molecule has 2 aromatic rings. The van der Waals surface area contributed by atoms with Gasteiger partial charge >= 0.3 is 5.97 Å². The van der Waals surface area contributed by atoms with Gasteiger partial charge in [-0.25, -0.2) is 9.78 Å². The van der Waals surface area contributed by atoms with Crippen molar-refractivity contribution in [1.29, 1.82) is 0 Å². The van der Waals surface area contributed by atoms with Crippen LogP contribution >= 0.6 is 15.9 Å². The minimum Gasteiger partial charge on any atom is -0.462 e. The summed E-state index contributed by atoms with van der Waals surface area (Å²) in [5, 5.41) is 0.775. The molecule has 0 saturated heterocycles. The molecule has 2 aromatic heterocycles. The zero-order chi connectivity index (χ0) is 10.8. The molecule has 1 N–H and O–H groups in total. The van der Waals surface area contributed by atoms with E-state index in [2.05, 4.69) is 25.9 Å². The third-order valence-corrected chi connectivity index (χ3v) is 2.46. The van der Waals surface area contributed by atoms with Crippen molar-refractivity contribution in [2.24, 2.45) is 0 Å². The van der Waals surface area contributed by atoms with E-state index in [1.54, 1.807) is 19.3 Å². The molecule has 0 fully saturated rings. The molecule has 0 atom stereocenters. The third kappa shape index (κ3) is 1.87. The number of halogens is 1. The Labute approximate surface area is 94.8 Å². The van der Waals surface area contributed by atoms with E-state index < -0.39 is 0 Å². The number of hydrogen-bond donors (Lipinski definition) is 1. The number of H-pyrrole nitrogens is 1. The number of nitrogens with one attached hydrogen (secondary N) is 1. The number of rotatable bonds is 2. The first-order valence-corrected chi connectivity index (χ1v) is 5.31. The van der Waals surface area contributed by atoms with Crippen LogP contribution in [0.15, 0.2) is 23.1 Å². The number of fused-ring (bicyclic) bond motifs is 1. The number of esters is 1. The quantitative estimate of drug-likeness (QED) is 0.673. The lowest BCUT2D eigenvalue weighted by molar-refractivity contribution is 0.0528. The zero-order valence-electron chi connectivity index (χ0n) is 8.08. The highest BCUT2D eigenvalue weighted by molar-refractivity contribution is 9.10. The second-order valence-electron chi connectivity index (χ2n) is 2.98. The largest absolute Gasteiger partial charge is 0.462 e. The van der Waals surface area contributed by atoms with Crippen LogP contribution in [0.25, 0.3) is 10.9 Å². The highest BCUT2D eigenvalue weighted by atomic mass is 79.9. The summed E-state index contributed by atoms with van der Waals surface area (Å²) >= 11 is 3.26. The Bertz CT molecular complexity index is 507. The first-order chi connectivity index (χ1) is 7.22. The maximum Gasteiger partial charge on any atom is 0.340 e. The third-order valence-electron chi connectivity index (χ3n) is 2.03. The van der Waals surface area contributed by atoms with E-state index in [9.17, 15) is 4.79 Å². The summed E-state index contributed by atoms with van der Waals surface area (Å²) in [7, 11) is 0. The van der Waals surface area contributed by atoms with Gasteiger partial charge in [-0.15, -0.1) is 0 Å². The van der Waals surface area contributed by atoms with Crippen LogP contribution in [0.3, 0.4) is 0 Å². The molecule has 0 saturated carbocycles. The van der Waals surface area contributed by atoms with E-state index >= 15 is 0 Å². The first-order valence-electron chi connectivity index (χ1n) is 4.52. The Hall–Kier alpha value is -1.36. The van der Waals surface area contributed by atoms with Gasteiger partial charge in [-0.1, -0.05) is 0 Å². The van der Waals surface area contributed by atoms with E-state index in [-0.39, 0.29) is 5.97 Å². The fraction of sp³-hybridized carbons (Fsp3) is 0.200. The highest BCUT2D eigenvalue weighted by Gasteiger charge is 2.12. The van der Waals surface area contributed by atoms with Crippen molar-refractivity contribution in [2.45, 2.75) is 6.92 Å². The average Bonchev–Trinajstić information content (AvgIpc) is 2.60. The Morgan fingerprint density at radius 3 is 3.20 bits per heavy atom. The molecule has 0 radical (unpaired) electrons. The van der Waals surface area contributed by atoms with Gasteiger partial charge in [-0.3, -0.25) is 0 Å². The number of aromatic nitrogens is 2. The molecule has 2 heterocycles. The van der Waals surface area contributed by atoms with Gasteiger partial charge in [0.15, 0.2) is 0 Å². The van der Waals surface area contributed by atoms with Gasteiger partial charge in [0.25, 0.3) is 0 Å². The van der Waals surface area contributed by atoms with Crippen LogP contribution in [0.5, 0.6) is 0 Å². The van der Waals surface area contributed by atoms with Crippen LogP contribution in [0.2, 0.25) is 0 Å². The summed E-state index contributed by atoms with van der Waals surface area (Å²) in [6, 6.07) is 1.82. The summed E-state index contributed by atoms with van der Waals surface area (Å²) in [6.45, 7) is 2.15. The Kier molecular flexibility index (Phi) is 2.73. The lowest BCUT2D eigenvalue weighted by atomic mass is 10.2. The number of carbonyl (C=O) groups is 1. The molecule has 0 aliphatic rings. The van der Waals surface area contributed by atoms with Gasteiger partial charge in [-0.2, -0.15) is 0 Å². The maximum absolute atomic E-state index is 11.5. The van der Waals surface area contributed by atoms with Crippen LogP contribution in [-0.2, 0) is 4.74 Å². The molecule has 78 valence electrons. The topological polar surface area (TPSA) is 55.0 Å². The maximum atomic E-state index is 11.5. The molecule has 0 aliphatic carbocycles. The van der Waals surface area contributed by atoms with E-state index in [4.69, 9.17) is 4.74 Å². The summed E-state index contributed by atoms with van der Waals surface area (Å²) in [5.41, 5.74) is 1.38. The molecule has 5 heteroatoms. The smallest absolute Gasteiger partial charge is 0.340 e. The van der Waals surface area contributed by atoms with Crippen molar-refractivity contribution in [3.05, 3.63) is 28.6 Å². The molecule has 2 rings (SSSR count). The molecule has 0 aliphatic heterocycles. The van der Waals surface area contributed by atoms with Gasteiger partial charge in [-0.05, 0) is 28.9 Å². The van der Waals surface area contributed by atoms with Crippen molar-refractivity contribution < 1.29 is 9.53 Å². The molecule has 0 spiro atoms. The van der Waals surface area contributed by atoms with Gasteiger partial charge in [0.05, 0.1) is 17.7 Å². The predicted octanol–water partition coefficient (Wildman–Crippen LogP) is 2.50. The van der Waals surface area contributed by atoms with Crippen molar-refractivity contribution in [1.82, 2.24) is 9.97 Å². The van der Waals surface area contributed by atoms with Crippen molar-refractivity contribution in [2.75, 3.05) is 6.61 Å². The number of nitrogens with zero attached hydrogens (tertiary/aromatic N) is 1. The van der Waals surface area contributed by atoms with Gasteiger partial charge in [0.1, 0.15) is 4.60 Å². The lowest BCUT2D eigenvalue weighted by Crippen LogP contribution is -2.03. The summed E-state index contributed by atoms with van der Waals surface area (Å²) in [4.78, 5) is 18.6. The molecule has 4 nitrogen and oxygen atoms in total. The first kappa shape index (κ1) is 10.2. The van der Waals surface area contributed by atoms with Crippen LogP contribution in [0.1, 0.15) is 17.3 Å². The summed E-state index contributed by atoms with van der Waals surface area (Å²) < 4.78 is 5.66. The number of aromatic amines is 1. The van der Waals surface area contributed by atoms with Gasteiger partial charge in [0, 0.05) is 17.8 Å². The van der Waals surface area contributed by atoms with Crippen molar-refractivity contribution in [3.63, 3.8) is 0 Å². The van der Waals surface area contributed by atoms with E-state index in [1.807, 2.05) is 6.07 Å². The second-order valence-corrected chi connectivity index (χ2v) is 3.79. The average molecular weight is 269 g/mol. The number of carbonyl (C=O) groups excluding carboxylic acids is 1. The normalized spacial score (nSPS) is 10.5. The Balaban J connectivity index is 2.49. The van der Waals surface area contributed by atoms with Gasteiger partial charge < -0.3 is 9.72 Å². The van der Waals surface area contributed by atoms with Crippen molar-refractivity contribution >= 4 is 32.8 Å². The van der Waals surface area contributed by atoms with Gasteiger partial charge in [0.2, 0.25) is 0 Å². The lowest BCUT2D eigenvalue weighted by Gasteiger charge is -1.99. The molecule has 15 heavy (non-hydrogen) atoms. The molecule has 0 amide bonds. The summed E-state index contributed by atoms with van der Waals surface area (Å²) in [5.74, 6) is -0.326. The molecular formula is C10H9BrN2O2. The van der Waals surface area contributed by atoms with Crippen LogP contribution in [0, 0.1) is 0 Å². The monoisotopic (exact) mass is 268 g/mol. The second kappa shape index (κ2) is 4.02. The van der Waals surface area contributed by atoms with E-state index in [0.717, 1.165) is 15.5 Å². The minimum atomic E-state index is -0.326. The SMILES string of the molecule is CCOC(=O)c1c[nH]c2cc(Br)ncc12. The molecule has 0 aromatic carbocycles. The molecule has 0 bridgehead atoms. The number of hydrogen-bond acceptors (Lipinski definition) is 3.